The zero-order valence-electron chi connectivity index (χ0n) is 8.62. The molecule has 0 aromatic heterocycles. The molecule has 0 aliphatic carbocycles. The summed E-state index contributed by atoms with van der Waals surface area (Å²) in [5.74, 6) is 0. The number of nitrogens with two attached hydrogens (primary N) is 1. The predicted octanol–water partition coefficient (Wildman–Crippen LogP) is 0.587. The van der Waals surface area contributed by atoms with Crippen LogP contribution in [0.5, 0.6) is 0 Å². The van der Waals surface area contributed by atoms with E-state index >= 15 is 0 Å². The first-order valence-electron chi connectivity index (χ1n) is 5.28. The van der Waals surface area contributed by atoms with Crippen LogP contribution in [0, 0.1) is 0 Å². The number of morpholine rings is 1. The monoisotopic (exact) mass is 184 g/mol. The maximum atomic E-state index is 5.85. The molecule has 2 heterocycles. The van der Waals surface area contributed by atoms with Crippen LogP contribution in [0.2, 0.25) is 0 Å². The third kappa shape index (κ3) is 1.39. The van der Waals surface area contributed by atoms with E-state index in [-0.39, 0.29) is 5.54 Å². The maximum absolute atomic E-state index is 5.85. The lowest BCUT2D eigenvalue weighted by atomic mass is 9.95. The lowest BCUT2D eigenvalue weighted by molar-refractivity contribution is -0.0182. The van der Waals surface area contributed by atoms with Gasteiger partial charge in [-0.15, -0.1) is 0 Å². The maximum Gasteiger partial charge on any atom is 0.0718 e. The standard InChI is InChI=1S/C10H20N2O/c1-3-10(2,7-11)12-5-9-4-8(12)6-13-9/h8-9H,3-7,11H2,1-2H3. The molecule has 3 unspecified atom stereocenters. The summed E-state index contributed by atoms with van der Waals surface area (Å²) >= 11 is 0. The highest BCUT2D eigenvalue weighted by Crippen LogP contribution is 2.34. The summed E-state index contributed by atoms with van der Waals surface area (Å²) in [6, 6.07) is 0.637. The Kier molecular flexibility index (Phi) is 2.34. The Labute approximate surface area is 80.2 Å². The van der Waals surface area contributed by atoms with Crippen LogP contribution in [0.4, 0.5) is 0 Å². The van der Waals surface area contributed by atoms with Gasteiger partial charge in [0, 0.05) is 24.7 Å². The molecule has 0 amide bonds. The van der Waals surface area contributed by atoms with Crippen molar-refractivity contribution >= 4 is 0 Å². The van der Waals surface area contributed by atoms with Gasteiger partial charge >= 0.3 is 0 Å². The molecule has 76 valence electrons. The van der Waals surface area contributed by atoms with Crippen LogP contribution in [0.15, 0.2) is 0 Å². The Morgan fingerprint density at radius 3 is 2.77 bits per heavy atom. The summed E-state index contributed by atoms with van der Waals surface area (Å²) in [7, 11) is 0. The van der Waals surface area contributed by atoms with Crippen LogP contribution in [-0.4, -0.2) is 42.3 Å². The minimum Gasteiger partial charge on any atom is -0.375 e. The highest BCUT2D eigenvalue weighted by Gasteiger charge is 2.45. The van der Waals surface area contributed by atoms with Gasteiger partial charge in [-0.2, -0.15) is 0 Å². The van der Waals surface area contributed by atoms with Gasteiger partial charge in [0.15, 0.2) is 0 Å². The molecule has 13 heavy (non-hydrogen) atoms. The Morgan fingerprint density at radius 2 is 2.38 bits per heavy atom. The largest absolute Gasteiger partial charge is 0.375 e. The average Bonchev–Trinajstić information content (AvgIpc) is 2.77. The molecule has 0 radical (unpaired) electrons. The molecule has 2 bridgehead atoms. The number of ether oxygens (including phenoxy) is 1. The molecule has 2 N–H and O–H groups in total. The zero-order valence-corrected chi connectivity index (χ0v) is 8.62. The number of rotatable bonds is 3. The molecule has 0 saturated carbocycles. The molecule has 3 heteroatoms. The van der Waals surface area contributed by atoms with E-state index < -0.39 is 0 Å². The van der Waals surface area contributed by atoms with E-state index in [0.29, 0.717) is 12.1 Å². The SMILES string of the molecule is CCC(C)(CN)N1CC2CC1CO2. The van der Waals surface area contributed by atoms with Crippen molar-refractivity contribution in [3.63, 3.8) is 0 Å². The fourth-order valence-electron chi connectivity index (χ4n) is 2.53. The van der Waals surface area contributed by atoms with E-state index in [1.165, 1.54) is 6.42 Å². The summed E-state index contributed by atoms with van der Waals surface area (Å²) in [4.78, 5) is 2.56. The van der Waals surface area contributed by atoms with Crippen LogP contribution in [0.3, 0.4) is 0 Å². The lowest BCUT2D eigenvalue weighted by Gasteiger charge is -2.42. The lowest BCUT2D eigenvalue weighted by Crippen LogP contribution is -2.55. The summed E-state index contributed by atoms with van der Waals surface area (Å²) in [6.07, 6.45) is 2.84. The van der Waals surface area contributed by atoms with Crippen molar-refractivity contribution in [1.82, 2.24) is 4.90 Å². The minimum absolute atomic E-state index is 0.198. The van der Waals surface area contributed by atoms with E-state index in [4.69, 9.17) is 10.5 Å². The van der Waals surface area contributed by atoms with Crippen molar-refractivity contribution < 1.29 is 4.74 Å². The Hall–Kier alpha value is -0.120. The molecule has 2 rings (SSSR count). The van der Waals surface area contributed by atoms with Crippen LogP contribution in [0.25, 0.3) is 0 Å². The zero-order chi connectivity index (χ0) is 9.47. The van der Waals surface area contributed by atoms with Crippen LogP contribution < -0.4 is 5.73 Å². The second-order valence-corrected chi connectivity index (χ2v) is 4.55. The summed E-state index contributed by atoms with van der Waals surface area (Å²) in [5.41, 5.74) is 6.04. The molecule has 3 atom stereocenters. The van der Waals surface area contributed by atoms with Gasteiger partial charge in [0.25, 0.3) is 0 Å². The Balaban J connectivity index is 2.08. The number of hydrogen-bond donors (Lipinski definition) is 1. The molecular weight excluding hydrogens is 164 g/mol. The number of hydrogen-bond acceptors (Lipinski definition) is 3. The number of likely N-dealkylation sites (tertiary alicyclic amines) is 1. The van der Waals surface area contributed by atoms with Crippen molar-refractivity contribution in [2.75, 3.05) is 19.7 Å². The molecule has 0 aromatic carbocycles. The number of fused-ring (bicyclic) bond motifs is 2. The van der Waals surface area contributed by atoms with Gasteiger partial charge in [-0.1, -0.05) is 6.92 Å². The van der Waals surface area contributed by atoms with Crippen LogP contribution >= 0.6 is 0 Å². The second-order valence-electron chi connectivity index (χ2n) is 4.55. The first-order chi connectivity index (χ1) is 6.19. The van der Waals surface area contributed by atoms with E-state index in [1.54, 1.807) is 0 Å². The van der Waals surface area contributed by atoms with Gasteiger partial charge < -0.3 is 10.5 Å². The van der Waals surface area contributed by atoms with Gasteiger partial charge in [-0.3, -0.25) is 4.90 Å². The molecular formula is C10H20N2O. The highest BCUT2D eigenvalue weighted by atomic mass is 16.5. The van der Waals surface area contributed by atoms with Gasteiger partial charge in [-0.25, -0.2) is 0 Å². The third-order valence-electron chi connectivity index (χ3n) is 3.80. The topological polar surface area (TPSA) is 38.5 Å². The molecule has 0 spiro atoms. The van der Waals surface area contributed by atoms with Crippen molar-refractivity contribution in [1.29, 1.82) is 0 Å². The molecule has 0 aromatic rings. The van der Waals surface area contributed by atoms with Crippen molar-refractivity contribution in [3.8, 4) is 0 Å². The van der Waals surface area contributed by atoms with E-state index in [1.807, 2.05) is 0 Å². The fraction of sp³-hybridized carbons (Fsp3) is 1.00. The van der Waals surface area contributed by atoms with E-state index in [9.17, 15) is 0 Å². The third-order valence-corrected chi connectivity index (χ3v) is 3.80. The van der Waals surface area contributed by atoms with E-state index in [2.05, 4.69) is 18.7 Å². The smallest absolute Gasteiger partial charge is 0.0718 e. The molecule has 2 saturated heterocycles. The summed E-state index contributed by atoms with van der Waals surface area (Å²) in [6.45, 7) is 7.26. The highest BCUT2D eigenvalue weighted by molar-refractivity contribution is 5.00. The van der Waals surface area contributed by atoms with Crippen molar-refractivity contribution in [2.45, 2.75) is 44.4 Å². The summed E-state index contributed by atoms with van der Waals surface area (Å²) in [5, 5.41) is 0. The number of nitrogens with zero attached hydrogens (tertiary/aromatic N) is 1. The Morgan fingerprint density at radius 1 is 1.62 bits per heavy atom. The first-order valence-corrected chi connectivity index (χ1v) is 5.28. The quantitative estimate of drug-likeness (QED) is 0.697. The fourth-order valence-corrected chi connectivity index (χ4v) is 2.53. The first kappa shape index (κ1) is 9.44. The van der Waals surface area contributed by atoms with E-state index in [0.717, 1.165) is 26.1 Å². The molecule has 2 aliphatic heterocycles. The van der Waals surface area contributed by atoms with Crippen LogP contribution in [0.1, 0.15) is 26.7 Å². The normalized spacial score (nSPS) is 38.1. The summed E-state index contributed by atoms with van der Waals surface area (Å²) < 4.78 is 5.58. The van der Waals surface area contributed by atoms with Crippen LogP contribution in [-0.2, 0) is 4.74 Å². The minimum atomic E-state index is 0.198. The van der Waals surface area contributed by atoms with Gasteiger partial charge in [-0.05, 0) is 19.8 Å². The Bertz CT molecular complexity index is 191. The molecule has 3 nitrogen and oxygen atoms in total. The second kappa shape index (κ2) is 3.23. The average molecular weight is 184 g/mol. The van der Waals surface area contributed by atoms with Crippen molar-refractivity contribution in [3.05, 3.63) is 0 Å². The van der Waals surface area contributed by atoms with Gasteiger partial charge in [0.05, 0.1) is 12.7 Å². The van der Waals surface area contributed by atoms with Crippen molar-refractivity contribution in [2.24, 2.45) is 5.73 Å². The molecule has 2 fully saturated rings. The van der Waals surface area contributed by atoms with Gasteiger partial charge in [0.2, 0.25) is 0 Å². The molecule has 2 aliphatic rings. The van der Waals surface area contributed by atoms with Gasteiger partial charge in [0.1, 0.15) is 0 Å². The predicted molar refractivity (Wildman–Crippen MR) is 52.6 cm³/mol.